The smallest absolute Gasteiger partial charge is 0.273 e. The lowest BCUT2D eigenvalue weighted by Gasteiger charge is -2.22. The molecule has 1 N–H and O–H groups in total. The van der Waals surface area contributed by atoms with Crippen LogP contribution in [0.25, 0.3) is 0 Å². The molecule has 164 valence electrons. The van der Waals surface area contributed by atoms with Crippen molar-refractivity contribution in [2.24, 2.45) is 0 Å². The Bertz CT molecular complexity index is 956. The van der Waals surface area contributed by atoms with Crippen LogP contribution in [0.2, 0.25) is 0 Å². The van der Waals surface area contributed by atoms with Crippen LogP contribution < -0.4 is 10.1 Å². The van der Waals surface area contributed by atoms with Gasteiger partial charge in [-0.3, -0.25) is 9.69 Å². The van der Waals surface area contributed by atoms with Crippen molar-refractivity contribution in [3.63, 3.8) is 0 Å². The van der Waals surface area contributed by atoms with E-state index in [1.165, 1.54) is 11.8 Å². The van der Waals surface area contributed by atoms with Crippen molar-refractivity contribution in [1.82, 2.24) is 20.1 Å². The number of carbonyl (C=O) groups is 1. The molecule has 0 fully saturated rings. The van der Waals surface area contributed by atoms with Gasteiger partial charge in [-0.15, -0.1) is 0 Å². The second-order valence-corrected chi connectivity index (χ2v) is 7.63. The molecule has 31 heavy (non-hydrogen) atoms. The molecule has 1 amide bonds. The third-order valence-electron chi connectivity index (χ3n) is 4.82. The van der Waals surface area contributed by atoms with Gasteiger partial charge in [0.25, 0.3) is 5.91 Å². The predicted octanol–water partition coefficient (Wildman–Crippen LogP) is 3.18. The monoisotopic (exact) mass is 422 g/mol. The van der Waals surface area contributed by atoms with Gasteiger partial charge in [0.15, 0.2) is 5.69 Å². The summed E-state index contributed by atoms with van der Waals surface area (Å²) in [6.07, 6.45) is 1.42. The first-order valence-corrected chi connectivity index (χ1v) is 10.3. The van der Waals surface area contributed by atoms with Crippen LogP contribution in [-0.4, -0.2) is 55.0 Å². The van der Waals surface area contributed by atoms with Gasteiger partial charge < -0.3 is 19.4 Å². The Morgan fingerprint density at radius 2 is 1.77 bits per heavy atom. The van der Waals surface area contributed by atoms with Crippen LogP contribution in [0.4, 0.5) is 0 Å². The van der Waals surface area contributed by atoms with Crippen LogP contribution in [0.15, 0.2) is 65.3 Å². The number of oxazole rings is 1. The van der Waals surface area contributed by atoms with Crippen LogP contribution in [-0.2, 0) is 19.6 Å². The first-order valence-electron chi connectivity index (χ1n) is 10.3. The maximum absolute atomic E-state index is 12.3. The zero-order chi connectivity index (χ0) is 22.1. The highest BCUT2D eigenvalue weighted by Crippen LogP contribution is 2.21. The highest BCUT2D eigenvalue weighted by atomic mass is 16.5. The standard InChI is InChI=1S/C24H30N4O3/c1-27(2)14-13-25-24(29)21-18-31-23(26-21)17-28(15-19-9-5-4-6-10-19)16-20-11-7-8-12-22(20)30-3/h4-12,18H,13-17H2,1-3H3,(H,25,29). The van der Waals surface area contributed by atoms with Gasteiger partial charge in [0.05, 0.1) is 13.7 Å². The molecule has 0 bridgehead atoms. The molecule has 1 aromatic heterocycles. The number of aromatic nitrogens is 1. The van der Waals surface area contributed by atoms with Crippen molar-refractivity contribution in [2.75, 3.05) is 34.3 Å². The molecular weight excluding hydrogens is 392 g/mol. The highest BCUT2D eigenvalue weighted by Gasteiger charge is 2.17. The number of ether oxygens (including phenoxy) is 1. The Morgan fingerprint density at radius 1 is 1.03 bits per heavy atom. The molecule has 1 heterocycles. The summed E-state index contributed by atoms with van der Waals surface area (Å²) in [5.74, 6) is 1.12. The fourth-order valence-electron chi connectivity index (χ4n) is 3.25. The van der Waals surface area contributed by atoms with E-state index in [0.29, 0.717) is 37.8 Å². The summed E-state index contributed by atoms with van der Waals surface area (Å²) in [6, 6.07) is 18.2. The SMILES string of the molecule is COc1ccccc1CN(Cc1ccccc1)Cc1nc(C(=O)NCCN(C)C)co1. The van der Waals surface area contributed by atoms with Crippen LogP contribution in [0.3, 0.4) is 0 Å². The minimum Gasteiger partial charge on any atom is -0.496 e. The summed E-state index contributed by atoms with van der Waals surface area (Å²) in [5.41, 5.74) is 2.56. The number of carbonyl (C=O) groups excluding carboxylic acids is 1. The minimum absolute atomic E-state index is 0.226. The molecule has 0 saturated carbocycles. The van der Waals surface area contributed by atoms with Crippen LogP contribution in [0.1, 0.15) is 27.5 Å². The third kappa shape index (κ3) is 6.94. The van der Waals surface area contributed by atoms with Crippen molar-refractivity contribution >= 4 is 5.91 Å². The zero-order valence-corrected chi connectivity index (χ0v) is 18.4. The van der Waals surface area contributed by atoms with Gasteiger partial charge >= 0.3 is 0 Å². The first-order chi connectivity index (χ1) is 15.0. The largest absolute Gasteiger partial charge is 0.496 e. The number of benzene rings is 2. The molecule has 0 aliphatic rings. The molecule has 2 aromatic carbocycles. The van der Waals surface area contributed by atoms with Crippen LogP contribution >= 0.6 is 0 Å². The Balaban J connectivity index is 1.71. The van der Waals surface area contributed by atoms with Gasteiger partial charge in [-0.05, 0) is 25.7 Å². The molecule has 0 spiro atoms. The topological polar surface area (TPSA) is 70.8 Å². The molecule has 0 atom stereocenters. The molecule has 7 heteroatoms. The third-order valence-corrected chi connectivity index (χ3v) is 4.82. The molecule has 0 aliphatic carbocycles. The zero-order valence-electron chi connectivity index (χ0n) is 18.4. The van der Waals surface area contributed by atoms with Gasteiger partial charge in [0.2, 0.25) is 5.89 Å². The molecule has 0 unspecified atom stereocenters. The lowest BCUT2D eigenvalue weighted by Crippen LogP contribution is -2.31. The summed E-state index contributed by atoms with van der Waals surface area (Å²) >= 11 is 0. The second kappa shape index (κ2) is 11.3. The van der Waals surface area contributed by atoms with E-state index in [2.05, 4.69) is 33.4 Å². The van der Waals surface area contributed by atoms with Crippen LogP contribution in [0.5, 0.6) is 5.75 Å². The van der Waals surface area contributed by atoms with E-state index in [1.54, 1.807) is 7.11 Å². The second-order valence-electron chi connectivity index (χ2n) is 7.63. The van der Waals surface area contributed by atoms with Gasteiger partial charge in [0.1, 0.15) is 12.0 Å². The van der Waals surface area contributed by atoms with E-state index in [0.717, 1.165) is 17.9 Å². The number of methoxy groups -OCH3 is 1. The fourth-order valence-corrected chi connectivity index (χ4v) is 3.25. The van der Waals surface area contributed by atoms with E-state index in [-0.39, 0.29) is 5.91 Å². The molecule has 3 aromatic rings. The van der Waals surface area contributed by atoms with Crippen molar-refractivity contribution in [2.45, 2.75) is 19.6 Å². The summed E-state index contributed by atoms with van der Waals surface area (Å²) in [5, 5.41) is 2.86. The maximum atomic E-state index is 12.3. The Labute approximate surface area is 183 Å². The minimum atomic E-state index is -0.226. The first kappa shape index (κ1) is 22.5. The average Bonchev–Trinajstić information content (AvgIpc) is 3.23. The predicted molar refractivity (Wildman–Crippen MR) is 120 cm³/mol. The number of rotatable bonds is 11. The quantitative estimate of drug-likeness (QED) is 0.512. The Morgan fingerprint density at radius 3 is 2.52 bits per heavy atom. The fraction of sp³-hybridized carbons (Fsp3) is 0.333. The van der Waals surface area contributed by atoms with E-state index < -0.39 is 0 Å². The summed E-state index contributed by atoms with van der Waals surface area (Å²) < 4.78 is 11.1. The number of hydrogen-bond acceptors (Lipinski definition) is 6. The van der Waals surface area contributed by atoms with Crippen molar-refractivity contribution in [3.8, 4) is 5.75 Å². The summed E-state index contributed by atoms with van der Waals surface area (Å²) in [4.78, 5) is 20.9. The lowest BCUT2D eigenvalue weighted by molar-refractivity contribution is 0.0946. The van der Waals surface area contributed by atoms with Crippen LogP contribution in [0, 0.1) is 0 Å². The van der Waals surface area contributed by atoms with E-state index >= 15 is 0 Å². The van der Waals surface area contributed by atoms with Gasteiger partial charge in [-0.25, -0.2) is 4.98 Å². The summed E-state index contributed by atoms with van der Waals surface area (Å²) in [7, 11) is 5.60. The normalized spacial score (nSPS) is 11.1. The van der Waals surface area contributed by atoms with E-state index in [4.69, 9.17) is 9.15 Å². The molecule has 0 aliphatic heterocycles. The van der Waals surface area contributed by atoms with Gasteiger partial charge in [-0.2, -0.15) is 0 Å². The Kier molecular flexibility index (Phi) is 8.20. The van der Waals surface area contributed by atoms with Crippen molar-refractivity contribution in [1.29, 1.82) is 0 Å². The van der Waals surface area contributed by atoms with Gasteiger partial charge in [0, 0.05) is 31.7 Å². The maximum Gasteiger partial charge on any atom is 0.273 e. The average molecular weight is 423 g/mol. The molecule has 0 radical (unpaired) electrons. The highest BCUT2D eigenvalue weighted by molar-refractivity contribution is 5.91. The molecule has 3 rings (SSSR count). The molecular formula is C24H30N4O3. The number of amides is 1. The molecule has 7 nitrogen and oxygen atoms in total. The summed E-state index contributed by atoms with van der Waals surface area (Å²) in [6.45, 7) is 3.16. The van der Waals surface area contributed by atoms with E-state index in [9.17, 15) is 4.79 Å². The van der Waals surface area contributed by atoms with Gasteiger partial charge in [-0.1, -0.05) is 48.5 Å². The lowest BCUT2D eigenvalue weighted by atomic mass is 10.1. The number of para-hydroxylation sites is 1. The van der Waals surface area contributed by atoms with Crippen molar-refractivity contribution in [3.05, 3.63) is 83.6 Å². The number of nitrogens with one attached hydrogen (secondary N) is 1. The number of nitrogens with zero attached hydrogens (tertiary/aromatic N) is 3. The number of likely N-dealkylation sites (N-methyl/N-ethyl adjacent to an activating group) is 1. The number of hydrogen-bond donors (Lipinski definition) is 1. The van der Waals surface area contributed by atoms with Crippen molar-refractivity contribution < 1.29 is 13.9 Å². The Hall–Kier alpha value is -3.16. The van der Waals surface area contributed by atoms with E-state index in [1.807, 2.05) is 55.4 Å². The molecule has 0 saturated heterocycles.